The molecule has 0 bridgehead atoms. The van der Waals surface area contributed by atoms with Gasteiger partial charge in [-0.3, -0.25) is 4.99 Å². The normalized spacial score (nSPS) is 11.7. The summed E-state index contributed by atoms with van der Waals surface area (Å²) < 4.78 is 0. The fraction of sp³-hybridized carbons (Fsp3) is 0. The summed E-state index contributed by atoms with van der Waals surface area (Å²) in [4.78, 5) is 4.72. The summed E-state index contributed by atoms with van der Waals surface area (Å²) in [5, 5.41) is 4.99. The second-order valence-electron chi connectivity index (χ2n) is 6.56. The molecule has 0 spiro atoms. The zero-order valence-electron chi connectivity index (χ0n) is 14.3. The molecular weight excluding hydrogens is 314 g/mol. The molecule has 0 saturated heterocycles. The molecule has 0 radical (unpaired) electrons. The van der Waals surface area contributed by atoms with Crippen LogP contribution in [0, 0.1) is 0 Å². The minimum atomic E-state index is 0.974. The van der Waals surface area contributed by atoms with Crippen molar-refractivity contribution in [1.29, 1.82) is 0 Å². The van der Waals surface area contributed by atoms with Gasteiger partial charge in [-0.25, -0.2) is 0 Å². The Kier molecular flexibility index (Phi) is 3.50. The fourth-order valence-corrected chi connectivity index (χ4v) is 3.50. The lowest BCUT2D eigenvalue weighted by molar-refractivity contribution is 1.56. The van der Waals surface area contributed by atoms with Gasteiger partial charge in [0.15, 0.2) is 0 Å². The molecule has 3 aromatic carbocycles. The first kappa shape index (κ1) is 14.9. The minimum absolute atomic E-state index is 0.974. The number of hydrogen-bond acceptors (Lipinski definition) is 1. The summed E-state index contributed by atoms with van der Waals surface area (Å²) in [5.74, 6) is 0. The average molecular weight is 331 g/mol. The van der Waals surface area contributed by atoms with Crippen molar-refractivity contribution in [2.24, 2.45) is 4.99 Å². The lowest BCUT2D eigenvalue weighted by Gasteiger charge is -2.03. The predicted molar refractivity (Wildman–Crippen MR) is 112 cm³/mol. The minimum Gasteiger partial charge on any atom is -0.256 e. The van der Waals surface area contributed by atoms with Crippen molar-refractivity contribution in [3.05, 3.63) is 103 Å². The van der Waals surface area contributed by atoms with E-state index in [-0.39, 0.29) is 0 Å². The first-order valence-electron chi connectivity index (χ1n) is 8.81. The Morgan fingerprint density at radius 1 is 0.538 bits per heavy atom. The Labute approximate surface area is 152 Å². The Hall–Kier alpha value is -3.45. The number of benzene rings is 3. The van der Waals surface area contributed by atoms with Gasteiger partial charge in [-0.1, -0.05) is 72.8 Å². The van der Waals surface area contributed by atoms with Crippen LogP contribution in [0.5, 0.6) is 0 Å². The van der Waals surface area contributed by atoms with Crippen LogP contribution in [0.1, 0.15) is 5.56 Å². The largest absolute Gasteiger partial charge is 0.256 e. The first-order chi connectivity index (χ1) is 12.9. The predicted octanol–water partition coefficient (Wildman–Crippen LogP) is 6.85. The summed E-state index contributed by atoms with van der Waals surface area (Å²) in [6, 6.07) is 34.1. The van der Waals surface area contributed by atoms with Gasteiger partial charge in [0.25, 0.3) is 0 Å². The van der Waals surface area contributed by atoms with Gasteiger partial charge >= 0.3 is 0 Å². The average Bonchev–Trinajstić information content (AvgIpc) is 2.90. The molecule has 0 aromatic heterocycles. The van der Waals surface area contributed by atoms with E-state index >= 15 is 0 Å². The van der Waals surface area contributed by atoms with Crippen LogP contribution in [0.4, 0.5) is 5.69 Å². The maximum atomic E-state index is 4.72. The molecule has 2 aliphatic rings. The lowest BCUT2D eigenvalue weighted by Crippen LogP contribution is -1.80. The van der Waals surface area contributed by atoms with E-state index in [1.807, 2.05) is 6.21 Å². The summed E-state index contributed by atoms with van der Waals surface area (Å²) in [7, 11) is 0. The van der Waals surface area contributed by atoms with Crippen LogP contribution in [0.2, 0.25) is 0 Å². The van der Waals surface area contributed by atoms with Crippen molar-refractivity contribution < 1.29 is 0 Å². The van der Waals surface area contributed by atoms with Gasteiger partial charge in [0.1, 0.15) is 0 Å². The molecule has 1 nitrogen and oxygen atoms in total. The molecule has 2 aliphatic carbocycles. The van der Waals surface area contributed by atoms with E-state index in [0.717, 1.165) is 11.3 Å². The number of fused-ring (bicyclic) bond motifs is 3. The van der Waals surface area contributed by atoms with E-state index in [1.54, 1.807) is 0 Å². The fourth-order valence-electron chi connectivity index (χ4n) is 3.50. The maximum Gasteiger partial charge on any atom is 0.0636 e. The summed E-state index contributed by atoms with van der Waals surface area (Å²) in [5.41, 5.74) is 4.59. The van der Waals surface area contributed by atoms with Crippen LogP contribution >= 0.6 is 0 Å². The third-order valence-corrected chi connectivity index (χ3v) is 4.87. The molecule has 0 amide bonds. The van der Waals surface area contributed by atoms with Gasteiger partial charge < -0.3 is 0 Å². The van der Waals surface area contributed by atoms with Crippen molar-refractivity contribution in [2.45, 2.75) is 0 Å². The molecule has 0 fully saturated rings. The van der Waals surface area contributed by atoms with Crippen LogP contribution in [-0.2, 0) is 0 Å². The Morgan fingerprint density at radius 3 is 2.15 bits per heavy atom. The highest BCUT2D eigenvalue weighted by Gasteiger charge is 2.05. The summed E-state index contributed by atoms with van der Waals surface area (Å²) in [6.45, 7) is 0. The van der Waals surface area contributed by atoms with Crippen molar-refractivity contribution >= 4 is 33.4 Å². The molecule has 3 aromatic rings. The Balaban J connectivity index is 1.54. The Morgan fingerprint density at radius 2 is 1.27 bits per heavy atom. The molecular formula is C25H17N. The van der Waals surface area contributed by atoms with E-state index in [2.05, 4.69) is 97.1 Å². The van der Waals surface area contributed by atoms with Gasteiger partial charge in [-0.15, -0.1) is 0 Å². The quantitative estimate of drug-likeness (QED) is 0.248. The van der Waals surface area contributed by atoms with Crippen LogP contribution in [-0.4, -0.2) is 6.21 Å². The van der Waals surface area contributed by atoms with Gasteiger partial charge in [-0.2, -0.15) is 0 Å². The highest BCUT2D eigenvalue weighted by atomic mass is 14.7. The van der Waals surface area contributed by atoms with E-state index in [9.17, 15) is 0 Å². The van der Waals surface area contributed by atoms with Crippen molar-refractivity contribution in [3.8, 4) is 11.1 Å². The maximum absolute atomic E-state index is 4.72. The van der Waals surface area contributed by atoms with E-state index < -0.39 is 0 Å². The van der Waals surface area contributed by atoms with Gasteiger partial charge in [-0.05, 0) is 56.9 Å². The first-order valence-corrected chi connectivity index (χ1v) is 8.81. The van der Waals surface area contributed by atoms with Crippen molar-refractivity contribution in [3.63, 3.8) is 0 Å². The Bertz CT molecular complexity index is 1230. The molecule has 26 heavy (non-hydrogen) atoms. The van der Waals surface area contributed by atoms with Crippen molar-refractivity contribution in [1.82, 2.24) is 0 Å². The van der Waals surface area contributed by atoms with E-state index in [0.29, 0.717) is 0 Å². The van der Waals surface area contributed by atoms with Gasteiger partial charge in [0, 0.05) is 11.8 Å². The third-order valence-electron chi connectivity index (χ3n) is 4.87. The smallest absolute Gasteiger partial charge is 0.0636 e. The molecule has 0 atom stereocenters. The zero-order valence-corrected chi connectivity index (χ0v) is 14.3. The third kappa shape index (κ3) is 2.64. The molecule has 5 rings (SSSR count). The number of nitrogens with zero attached hydrogens (tertiary/aromatic N) is 1. The number of aliphatic imine (C=N–C) groups is 1. The van der Waals surface area contributed by atoms with E-state index in [1.165, 1.54) is 32.7 Å². The molecule has 0 aliphatic heterocycles. The lowest BCUT2D eigenvalue weighted by atomic mass is 10.0. The topological polar surface area (TPSA) is 12.4 Å². The highest BCUT2D eigenvalue weighted by Crippen LogP contribution is 2.28. The summed E-state index contributed by atoms with van der Waals surface area (Å²) in [6.07, 6.45) is 1.96. The monoisotopic (exact) mass is 331 g/mol. The number of rotatable bonds is 2. The second-order valence-corrected chi connectivity index (χ2v) is 6.56. The molecule has 0 N–H and O–H groups in total. The number of hydrogen-bond donors (Lipinski definition) is 0. The molecule has 122 valence electrons. The highest BCUT2D eigenvalue weighted by molar-refractivity contribution is 6.00. The van der Waals surface area contributed by atoms with Gasteiger partial charge in [0.05, 0.1) is 5.69 Å². The van der Waals surface area contributed by atoms with Crippen molar-refractivity contribution in [2.75, 3.05) is 0 Å². The van der Waals surface area contributed by atoms with Crippen LogP contribution < -0.4 is 0 Å². The standard InChI is InChI=1S/C25H17N/c1-2-6-18-10-11-22(25(18)9-3-1)17-26-24-13-12-21-14-19-7-4-5-8-20(19)15-23(21)16-24/h1-17H. The molecule has 0 unspecified atom stereocenters. The second kappa shape index (κ2) is 6.12. The van der Waals surface area contributed by atoms with Crippen LogP contribution in [0.15, 0.2) is 102 Å². The SMILES string of the molecule is C(=Nc1ccc2cc3ccccc3cc2c1)c1ccc2cccccc1-2. The van der Waals surface area contributed by atoms with Crippen LogP contribution in [0.3, 0.4) is 0 Å². The zero-order chi connectivity index (χ0) is 17.3. The summed E-state index contributed by atoms with van der Waals surface area (Å²) >= 11 is 0. The van der Waals surface area contributed by atoms with E-state index in [4.69, 9.17) is 4.99 Å². The molecule has 0 heterocycles. The molecule has 1 heteroatoms. The van der Waals surface area contributed by atoms with Gasteiger partial charge in [0.2, 0.25) is 0 Å². The molecule has 0 saturated carbocycles. The van der Waals surface area contributed by atoms with Crippen LogP contribution in [0.25, 0.3) is 32.7 Å².